The maximum Gasteiger partial charge on any atom is 0.243 e. The average molecular weight is 373 g/mol. The van der Waals surface area contributed by atoms with Crippen LogP contribution in [0, 0.1) is 0 Å². The van der Waals surface area contributed by atoms with Crippen LogP contribution in [0.25, 0.3) is 0 Å². The molecule has 0 saturated carbocycles. The lowest BCUT2D eigenvalue weighted by atomic mass is 10.1. The molecule has 2 aromatic rings. The van der Waals surface area contributed by atoms with Crippen molar-refractivity contribution in [1.29, 1.82) is 0 Å². The molecule has 3 N–H and O–H groups in total. The number of primary sulfonamides is 1. The fourth-order valence-corrected chi connectivity index (χ4v) is 2.65. The third-order valence-corrected chi connectivity index (χ3v) is 4.08. The lowest BCUT2D eigenvalue weighted by Crippen LogP contribution is -2.19. The largest absolute Gasteiger partial charge is 0.308 e. The number of carbonyl (C=O) groups is 1. The van der Waals surface area contributed by atoms with Crippen molar-refractivity contribution < 1.29 is 13.2 Å². The van der Waals surface area contributed by atoms with Crippen molar-refractivity contribution in [2.24, 2.45) is 12.2 Å². The molecule has 1 aromatic carbocycles. The van der Waals surface area contributed by atoms with E-state index in [-0.39, 0.29) is 23.0 Å². The van der Waals surface area contributed by atoms with Crippen LogP contribution in [0.1, 0.15) is 5.56 Å². The molecular formula is C12H13BrN4O3S. The van der Waals surface area contributed by atoms with E-state index in [2.05, 4.69) is 26.3 Å². The van der Waals surface area contributed by atoms with Crippen LogP contribution in [-0.2, 0) is 28.3 Å². The Morgan fingerprint density at radius 1 is 1.38 bits per heavy atom. The van der Waals surface area contributed by atoms with Gasteiger partial charge in [-0.3, -0.25) is 9.48 Å². The SMILES string of the molecule is Cn1cc(S(N)(=O)=O)c(NC(=O)Cc2ccc(Br)cc2)n1. The first kappa shape index (κ1) is 15.7. The summed E-state index contributed by atoms with van der Waals surface area (Å²) in [6.45, 7) is 0. The number of hydrogen-bond acceptors (Lipinski definition) is 4. The first-order valence-corrected chi connectivity index (χ1v) is 8.20. The smallest absolute Gasteiger partial charge is 0.243 e. The molecule has 0 unspecified atom stereocenters. The summed E-state index contributed by atoms with van der Waals surface area (Å²) in [6.07, 6.45) is 1.35. The summed E-state index contributed by atoms with van der Waals surface area (Å²) in [6, 6.07) is 7.23. The highest BCUT2D eigenvalue weighted by atomic mass is 79.9. The monoisotopic (exact) mass is 372 g/mol. The summed E-state index contributed by atoms with van der Waals surface area (Å²) >= 11 is 3.31. The van der Waals surface area contributed by atoms with Crippen molar-refractivity contribution in [3.8, 4) is 0 Å². The maximum atomic E-state index is 11.9. The molecule has 9 heteroatoms. The number of aromatic nitrogens is 2. The predicted octanol–water partition coefficient (Wildman–Crippen LogP) is 1.01. The Morgan fingerprint density at radius 2 is 2.00 bits per heavy atom. The zero-order chi connectivity index (χ0) is 15.6. The van der Waals surface area contributed by atoms with Gasteiger partial charge in [-0.05, 0) is 17.7 Å². The molecule has 0 aliphatic carbocycles. The van der Waals surface area contributed by atoms with Gasteiger partial charge in [-0.15, -0.1) is 0 Å². The quantitative estimate of drug-likeness (QED) is 0.834. The van der Waals surface area contributed by atoms with Crippen molar-refractivity contribution in [2.45, 2.75) is 11.3 Å². The van der Waals surface area contributed by atoms with Crippen LogP contribution in [0.2, 0.25) is 0 Å². The number of rotatable bonds is 4. The molecule has 1 heterocycles. The van der Waals surface area contributed by atoms with Gasteiger partial charge >= 0.3 is 0 Å². The Balaban J connectivity index is 2.15. The highest BCUT2D eigenvalue weighted by molar-refractivity contribution is 9.10. The Bertz CT molecular complexity index is 768. The van der Waals surface area contributed by atoms with Gasteiger partial charge in [0.05, 0.1) is 6.42 Å². The number of amides is 1. The number of nitrogens with two attached hydrogens (primary N) is 1. The highest BCUT2D eigenvalue weighted by Gasteiger charge is 2.19. The van der Waals surface area contributed by atoms with Crippen LogP contribution >= 0.6 is 15.9 Å². The summed E-state index contributed by atoms with van der Waals surface area (Å²) in [7, 11) is -2.40. The van der Waals surface area contributed by atoms with Crippen molar-refractivity contribution in [3.63, 3.8) is 0 Å². The molecule has 112 valence electrons. The molecule has 0 aliphatic heterocycles. The Labute approximate surface area is 130 Å². The second kappa shape index (κ2) is 5.96. The number of carbonyl (C=O) groups excluding carboxylic acids is 1. The fraction of sp³-hybridized carbons (Fsp3) is 0.167. The van der Waals surface area contributed by atoms with E-state index in [1.54, 1.807) is 19.2 Å². The van der Waals surface area contributed by atoms with E-state index in [1.807, 2.05) is 12.1 Å². The molecule has 0 saturated heterocycles. The predicted molar refractivity (Wildman–Crippen MR) is 81.1 cm³/mol. The normalized spacial score (nSPS) is 11.4. The molecule has 0 radical (unpaired) electrons. The van der Waals surface area contributed by atoms with Crippen LogP contribution in [0.3, 0.4) is 0 Å². The fourth-order valence-electron chi connectivity index (χ4n) is 1.73. The van der Waals surface area contributed by atoms with Gasteiger partial charge in [0.15, 0.2) is 5.82 Å². The van der Waals surface area contributed by atoms with E-state index in [4.69, 9.17) is 5.14 Å². The summed E-state index contributed by atoms with van der Waals surface area (Å²) in [5, 5.41) is 11.4. The van der Waals surface area contributed by atoms with E-state index in [0.717, 1.165) is 10.0 Å². The number of nitrogens with one attached hydrogen (secondary N) is 1. The van der Waals surface area contributed by atoms with Gasteiger partial charge in [0.1, 0.15) is 4.90 Å². The standard InChI is InChI=1S/C12H13BrN4O3S/c1-17-7-10(21(14,19)20)12(16-17)15-11(18)6-8-2-4-9(13)5-3-8/h2-5,7H,6H2,1H3,(H2,14,19,20)(H,15,16,18). The second-order valence-electron chi connectivity index (χ2n) is 4.41. The molecular weight excluding hydrogens is 360 g/mol. The number of anilines is 1. The van der Waals surface area contributed by atoms with Crippen LogP contribution in [0.15, 0.2) is 39.8 Å². The van der Waals surface area contributed by atoms with E-state index >= 15 is 0 Å². The third-order valence-electron chi connectivity index (χ3n) is 2.64. The number of halogens is 1. The van der Waals surface area contributed by atoms with E-state index in [9.17, 15) is 13.2 Å². The van der Waals surface area contributed by atoms with Gasteiger partial charge in [0.2, 0.25) is 15.9 Å². The van der Waals surface area contributed by atoms with Crippen LogP contribution in [0.5, 0.6) is 0 Å². The van der Waals surface area contributed by atoms with E-state index in [0.29, 0.717) is 0 Å². The molecule has 0 bridgehead atoms. The average Bonchev–Trinajstić information content (AvgIpc) is 2.73. The van der Waals surface area contributed by atoms with Crippen LogP contribution < -0.4 is 10.5 Å². The lowest BCUT2D eigenvalue weighted by Gasteiger charge is -2.04. The number of hydrogen-bond donors (Lipinski definition) is 2. The highest BCUT2D eigenvalue weighted by Crippen LogP contribution is 2.18. The van der Waals surface area contributed by atoms with Crippen molar-refractivity contribution in [2.75, 3.05) is 5.32 Å². The van der Waals surface area contributed by atoms with Crippen LogP contribution in [0.4, 0.5) is 5.82 Å². The van der Waals surface area contributed by atoms with Gasteiger partial charge in [0, 0.05) is 17.7 Å². The summed E-state index contributed by atoms with van der Waals surface area (Å²) in [5.74, 6) is -0.442. The Kier molecular flexibility index (Phi) is 4.45. The molecule has 21 heavy (non-hydrogen) atoms. The van der Waals surface area contributed by atoms with Gasteiger partial charge in [-0.25, -0.2) is 13.6 Å². The molecule has 1 amide bonds. The van der Waals surface area contributed by atoms with Crippen molar-refractivity contribution >= 4 is 37.7 Å². The molecule has 0 aliphatic rings. The molecule has 0 atom stereocenters. The summed E-state index contributed by atoms with van der Waals surface area (Å²) in [4.78, 5) is 11.7. The zero-order valence-corrected chi connectivity index (χ0v) is 13.5. The van der Waals surface area contributed by atoms with Crippen molar-refractivity contribution in [3.05, 3.63) is 40.5 Å². The molecule has 7 nitrogen and oxygen atoms in total. The lowest BCUT2D eigenvalue weighted by molar-refractivity contribution is -0.115. The van der Waals surface area contributed by atoms with Gasteiger partial charge in [-0.2, -0.15) is 5.10 Å². The Morgan fingerprint density at radius 3 is 2.57 bits per heavy atom. The number of aryl methyl sites for hydroxylation is 1. The zero-order valence-electron chi connectivity index (χ0n) is 11.1. The molecule has 2 rings (SSSR count). The molecule has 0 spiro atoms. The van der Waals surface area contributed by atoms with E-state index in [1.165, 1.54) is 10.9 Å². The second-order valence-corrected chi connectivity index (χ2v) is 6.86. The first-order chi connectivity index (χ1) is 9.75. The number of nitrogens with zero attached hydrogens (tertiary/aromatic N) is 2. The van der Waals surface area contributed by atoms with E-state index < -0.39 is 10.0 Å². The topological polar surface area (TPSA) is 107 Å². The first-order valence-electron chi connectivity index (χ1n) is 5.86. The molecule has 1 aromatic heterocycles. The Hall–Kier alpha value is -1.71. The van der Waals surface area contributed by atoms with Crippen molar-refractivity contribution in [1.82, 2.24) is 9.78 Å². The third kappa shape index (κ3) is 4.13. The minimum atomic E-state index is -3.94. The number of benzene rings is 1. The van der Waals surface area contributed by atoms with Gasteiger partial charge in [-0.1, -0.05) is 28.1 Å². The summed E-state index contributed by atoms with van der Waals surface area (Å²) in [5.41, 5.74) is 0.795. The van der Waals surface area contributed by atoms with Gasteiger partial charge < -0.3 is 5.32 Å². The van der Waals surface area contributed by atoms with Crippen LogP contribution in [-0.4, -0.2) is 24.1 Å². The number of sulfonamides is 1. The van der Waals surface area contributed by atoms with Gasteiger partial charge in [0.25, 0.3) is 0 Å². The maximum absolute atomic E-state index is 11.9. The molecule has 0 fully saturated rings. The minimum absolute atomic E-state index is 0.0675. The minimum Gasteiger partial charge on any atom is -0.308 e. The summed E-state index contributed by atoms with van der Waals surface area (Å²) < 4.78 is 25.0.